The molecule has 3 rings (SSSR count). The Bertz CT molecular complexity index is 750. The number of carbonyl (C=O) groups excluding carboxylic acids is 1. The van der Waals surface area contributed by atoms with E-state index < -0.39 is 17.4 Å². The van der Waals surface area contributed by atoms with Crippen molar-refractivity contribution in [3.05, 3.63) is 35.5 Å². The molecule has 1 aliphatic rings. The molecule has 2 N–H and O–H groups in total. The lowest BCUT2D eigenvalue weighted by molar-refractivity contribution is -0.137. The summed E-state index contributed by atoms with van der Waals surface area (Å²) in [6.45, 7) is 7.80. The Kier molecular flexibility index (Phi) is 3.64. The SMILES string of the molecule is CC[C@]1(C)OC(=O)N(CCc2c(C)[nH]c3ccccc23)[C@@]1(C)O. The predicted molar refractivity (Wildman–Crippen MR) is 89.2 cm³/mol. The number of nitrogens with zero attached hydrogens (tertiary/aromatic N) is 1. The van der Waals surface area contributed by atoms with Gasteiger partial charge in [-0.3, -0.25) is 4.90 Å². The van der Waals surface area contributed by atoms with Gasteiger partial charge >= 0.3 is 6.09 Å². The van der Waals surface area contributed by atoms with E-state index in [-0.39, 0.29) is 0 Å². The lowest BCUT2D eigenvalue weighted by Gasteiger charge is -2.36. The van der Waals surface area contributed by atoms with Gasteiger partial charge in [0, 0.05) is 23.1 Å². The topological polar surface area (TPSA) is 65.6 Å². The molecule has 0 aliphatic carbocycles. The highest BCUT2D eigenvalue weighted by molar-refractivity contribution is 5.84. The van der Waals surface area contributed by atoms with E-state index in [0.29, 0.717) is 19.4 Å². The number of carbonyl (C=O) groups is 1. The molecule has 124 valence electrons. The summed E-state index contributed by atoms with van der Waals surface area (Å²) in [4.78, 5) is 17.0. The lowest BCUT2D eigenvalue weighted by atomic mass is 9.90. The van der Waals surface area contributed by atoms with Crippen LogP contribution in [-0.4, -0.2) is 39.0 Å². The van der Waals surface area contributed by atoms with Gasteiger partial charge in [0.1, 0.15) is 0 Å². The second-order valence-corrected chi connectivity index (χ2v) is 6.65. The van der Waals surface area contributed by atoms with E-state index in [1.165, 1.54) is 10.5 Å². The van der Waals surface area contributed by atoms with E-state index in [1.807, 2.05) is 32.0 Å². The molecule has 0 bridgehead atoms. The molecule has 1 aliphatic heterocycles. The molecule has 0 spiro atoms. The monoisotopic (exact) mass is 316 g/mol. The number of rotatable bonds is 4. The molecular formula is C18H24N2O3. The van der Waals surface area contributed by atoms with Gasteiger partial charge in [-0.25, -0.2) is 4.79 Å². The van der Waals surface area contributed by atoms with Crippen LogP contribution >= 0.6 is 0 Å². The van der Waals surface area contributed by atoms with E-state index in [0.717, 1.165) is 16.6 Å². The van der Waals surface area contributed by atoms with Crippen LogP contribution in [0.25, 0.3) is 10.9 Å². The molecule has 2 heterocycles. The first kappa shape index (κ1) is 15.9. The Labute approximate surface area is 136 Å². The number of aliphatic hydroxyl groups is 1. The van der Waals surface area contributed by atoms with Crippen LogP contribution in [0.4, 0.5) is 4.79 Å². The molecule has 1 aromatic heterocycles. The zero-order valence-corrected chi connectivity index (χ0v) is 14.1. The highest BCUT2D eigenvalue weighted by Gasteiger charge is 2.58. The minimum Gasteiger partial charge on any atom is -0.438 e. The molecule has 0 radical (unpaired) electrons. The number of cyclic esters (lactones) is 1. The van der Waals surface area contributed by atoms with Crippen molar-refractivity contribution < 1.29 is 14.6 Å². The minimum atomic E-state index is -1.31. The zero-order chi connectivity index (χ0) is 16.8. The molecular weight excluding hydrogens is 292 g/mol. The Morgan fingerprint density at radius 3 is 2.65 bits per heavy atom. The van der Waals surface area contributed by atoms with Crippen molar-refractivity contribution in [2.24, 2.45) is 0 Å². The van der Waals surface area contributed by atoms with Crippen LogP contribution in [0.3, 0.4) is 0 Å². The van der Waals surface area contributed by atoms with E-state index in [4.69, 9.17) is 4.74 Å². The largest absolute Gasteiger partial charge is 0.438 e. The summed E-state index contributed by atoms with van der Waals surface area (Å²) in [5, 5.41) is 12.0. The van der Waals surface area contributed by atoms with Gasteiger partial charge in [0.2, 0.25) is 0 Å². The minimum absolute atomic E-state index is 0.421. The van der Waals surface area contributed by atoms with Crippen molar-refractivity contribution in [1.82, 2.24) is 9.88 Å². The third-order valence-electron chi connectivity index (χ3n) is 5.35. The number of aromatic amines is 1. The number of aryl methyl sites for hydroxylation is 1. The highest BCUT2D eigenvalue weighted by atomic mass is 16.6. The summed E-state index contributed by atoms with van der Waals surface area (Å²) in [6, 6.07) is 8.12. The van der Waals surface area contributed by atoms with Gasteiger partial charge in [-0.15, -0.1) is 0 Å². The van der Waals surface area contributed by atoms with Crippen molar-refractivity contribution in [1.29, 1.82) is 0 Å². The number of nitrogens with one attached hydrogen (secondary N) is 1. The van der Waals surface area contributed by atoms with Crippen LogP contribution in [0.1, 0.15) is 38.4 Å². The normalized spacial score (nSPS) is 27.7. The number of benzene rings is 1. The Balaban J connectivity index is 1.85. The van der Waals surface area contributed by atoms with E-state index >= 15 is 0 Å². The number of ether oxygens (including phenoxy) is 1. The molecule has 5 heteroatoms. The summed E-state index contributed by atoms with van der Waals surface area (Å²) in [5.41, 5.74) is 1.18. The van der Waals surface area contributed by atoms with Gasteiger partial charge < -0.3 is 14.8 Å². The van der Waals surface area contributed by atoms with Gasteiger partial charge in [0.05, 0.1) is 0 Å². The number of amides is 1. The van der Waals surface area contributed by atoms with Crippen molar-refractivity contribution in [2.45, 2.75) is 51.9 Å². The number of aromatic nitrogens is 1. The van der Waals surface area contributed by atoms with Crippen LogP contribution in [0.2, 0.25) is 0 Å². The number of para-hydroxylation sites is 1. The van der Waals surface area contributed by atoms with Crippen LogP contribution in [0.5, 0.6) is 0 Å². The average Bonchev–Trinajstić information content (AvgIpc) is 2.90. The molecule has 23 heavy (non-hydrogen) atoms. The molecule has 0 unspecified atom stereocenters. The molecule has 2 atom stereocenters. The van der Waals surface area contributed by atoms with Crippen LogP contribution in [0.15, 0.2) is 24.3 Å². The highest BCUT2D eigenvalue weighted by Crippen LogP contribution is 2.39. The van der Waals surface area contributed by atoms with Crippen molar-refractivity contribution in [2.75, 3.05) is 6.54 Å². The van der Waals surface area contributed by atoms with Crippen LogP contribution in [0, 0.1) is 6.92 Å². The first-order valence-corrected chi connectivity index (χ1v) is 8.09. The Morgan fingerprint density at radius 2 is 2.00 bits per heavy atom. The summed E-state index contributed by atoms with van der Waals surface area (Å²) in [6.07, 6.45) is 0.784. The molecule has 1 saturated heterocycles. The lowest BCUT2D eigenvalue weighted by Crippen LogP contribution is -2.55. The van der Waals surface area contributed by atoms with Crippen molar-refractivity contribution >= 4 is 17.0 Å². The second-order valence-electron chi connectivity index (χ2n) is 6.65. The van der Waals surface area contributed by atoms with E-state index in [2.05, 4.69) is 11.1 Å². The fourth-order valence-corrected chi connectivity index (χ4v) is 3.40. The Morgan fingerprint density at radius 1 is 1.30 bits per heavy atom. The maximum atomic E-state index is 12.2. The smallest absolute Gasteiger partial charge is 0.412 e. The Hall–Kier alpha value is -2.01. The maximum absolute atomic E-state index is 12.2. The van der Waals surface area contributed by atoms with Gasteiger partial charge in [0.15, 0.2) is 11.3 Å². The number of hydrogen-bond acceptors (Lipinski definition) is 3. The van der Waals surface area contributed by atoms with E-state index in [1.54, 1.807) is 13.8 Å². The summed E-state index contributed by atoms with van der Waals surface area (Å²) < 4.78 is 5.44. The summed E-state index contributed by atoms with van der Waals surface area (Å²) in [7, 11) is 0. The third kappa shape index (κ3) is 2.30. The molecule has 1 aromatic carbocycles. The van der Waals surface area contributed by atoms with Gasteiger partial charge in [-0.1, -0.05) is 25.1 Å². The van der Waals surface area contributed by atoms with Gasteiger partial charge in [0.25, 0.3) is 0 Å². The fourth-order valence-electron chi connectivity index (χ4n) is 3.40. The molecule has 5 nitrogen and oxygen atoms in total. The third-order valence-corrected chi connectivity index (χ3v) is 5.35. The second kappa shape index (κ2) is 5.27. The predicted octanol–water partition coefficient (Wildman–Crippen LogP) is 3.35. The summed E-state index contributed by atoms with van der Waals surface area (Å²) in [5.74, 6) is 0. The maximum Gasteiger partial charge on any atom is 0.412 e. The van der Waals surface area contributed by atoms with Crippen LogP contribution < -0.4 is 0 Å². The zero-order valence-electron chi connectivity index (χ0n) is 14.1. The molecule has 2 aromatic rings. The molecule has 1 amide bonds. The first-order valence-electron chi connectivity index (χ1n) is 8.09. The van der Waals surface area contributed by atoms with Crippen molar-refractivity contribution in [3.63, 3.8) is 0 Å². The van der Waals surface area contributed by atoms with E-state index in [9.17, 15) is 9.90 Å². The quantitative estimate of drug-likeness (QED) is 0.909. The molecule has 0 saturated carbocycles. The number of H-pyrrole nitrogens is 1. The standard InChI is InChI=1S/C18H24N2O3/c1-5-17(3)18(4,22)20(16(21)23-17)11-10-13-12(2)19-15-9-7-6-8-14(13)15/h6-9,19,22H,5,10-11H2,1-4H3/t17-,18-/m0/s1. The van der Waals surface area contributed by atoms with Gasteiger partial charge in [-0.2, -0.15) is 0 Å². The first-order chi connectivity index (χ1) is 10.8. The summed E-state index contributed by atoms with van der Waals surface area (Å²) >= 11 is 0. The average molecular weight is 316 g/mol. The van der Waals surface area contributed by atoms with Gasteiger partial charge in [-0.05, 0) is 45.2 Å². The van der Waals surface area contributed by atoms with Crippen molar-refractivity contribution in [3.8, 4) is 0 Å². The van der Waals surface area contributed by atoms with Crippen LogP contribution in [-0.2, 0) is 11.2 Å². The number of fused-ring (bicyclic) bond motifs is 1. The molecule has 1 fully saturated rings. The number of hydrogen-bond donors (Lipinski definition) is 2. The fraction of sp³-hybridized carbons (Fsp3) is 0.500.